The number of amides is 4. The summed E-state index contributed by atoms with van der Waals surface area (Å²) in [6.45, 7) is 3.47. The van der Waals surface area contributed by atoms with Crippen LogP contribution in [0.5, 0.6) is 0 Å². The van der Waals surface area contributed by atoms with Gasteiger partial charge in [-0.1, -0.05) is 20.3 Å². The summed E-state index contributed by atoms with van der Waals surface area (Å²) in [5.41, 5.74) is 10.8. The number of primary amides is 1. The maximum atomic E-state index is 13.0. The molecule has 0 aliphatic carbocycles. The molecule has 0 aromatic heterocycles. The Morgan fingerprint density at radius 3 is 1.94 bits per heavy atom. The van der Waals surface area contributed by atoms with Crippen molar-refractivity contribution >= 4 is 47.3 Å². The van der Waals surface area contributed by atoms with Crippen molar-refractivity contribution in [3.05, 3.63) is 0 Å². The first-order chi connectivity index (χ1) is 16.3. The lowest BCUT2D eigenvalue weighted by molar-refractivity contribution is -0.142. The van der Waals surface area contributed by atoms with Crippen LogP contribution in [0.25, 0.3) is 0 Å². The number of carboxylic acid groups (broad SMARTS) is 2. The van der Waals surface area contributed by atoms with Gasteiger partial charge >= 0.3 is 11.9 Å². The van der Waals surface area contributed by atoms with Crippen molar-refractivity contribution < 1.29 is 39.0 Å². The third-order valence-electron chi connectivity index (χ3n) is 5.34. The number of nitrogens with one attached hydrogen (secondary N) is 3. The van der Waals surface area contributed by atoms with Crippen molar-refractivity contribution in [3.8, 4) is 0 Å². The van der Waals surface area contributed by atoms with Crippen LogP contribution >= 0.6 is 11.8 Å². The van der Waals surface area contributed by atoms with E-state index in [2.05, 4.69) is 16.0 Å². The fourth-order valence-corrected chi connectivity index (χ4v) is 3.43. The number of nitrogens with two attached hydrogens (primary N) is 2. The number of rotatable bonds is 18. The quantitative estimate of drug-likeness (QED) is 0.114. The molecule has 0 saturated carbocycles. The average molecular weight is 520 g/mol. The number of carbonyl (C=O) groups is 6. The molecular formula is C21H37N5O8S. The van der Waals surface area contributed by atoms with Gasteiger partial charge in [-0.25, -0.2) is 4.79 Å². The highest BCUT2D eigenvalue weighted by Crippen LogP contribution is 2.11. The molecule has 0 radical (unpaired) electrons. The van der Waals surface area contributed by atoms with E-state index in [0.717, 1.165) is 0 Å². The highest BCUT2D eigenvalue weighted by atomic mass is 32.2. The summed E-state index contributed by atoms with van der Waals surface area (Å²) in [6, 6.07) is -4.77. The van der Waals surface area contributed by atoms with Gasteiger partial charge in [-0.15, -0.1) is 0 Å². The van der Waals surface area contributed by atoms with E-state index in [1.54, 1.807) is 20.1 Å². The van der Waals surface area contributed by atoms with Crippen molar-refractivity contribution in [1.82, 2.24) is 16.0 Å². The van der Waals surface area contributed by atoms with Crippen molar-refractivity contribution in [2.45, 2.75) is 76.5 Å². The molecule has 0 aliphatic heterocycles. The van der Waals surface area contributed by atoms with Crippen LogP contribution in [0.3, 0.4) is 0 Å². The highest BCUT2D eigenvalue weighted by molar-refractivity contribution is 7.98. The van der Waals surface area contributed by atoms with Gasteiger partial charge in [0, 0.05) is 12.8 Å². The molecule has 4 amide bonds. The average Bonchev–Trinajstić information content (AvgIpc) is 2.79. The van der Waals surface area contributed by atoms with Crippen LogP contribution < -0.4 is 27.4 Å². The largest absolute Gasteiger partial charge is 0.481 e. The third-order valence-corrected chi connectivity index (χ3v) is 5.98. The lowest BCUT2D eigenvalue weighted by Crippen LogP contribution is -2.58. The number of carbonyl (C=O) groups excluding carboxylic acids is 4. The molecule has 0 heterocycles. The van der Waals surface area contributed by atoms with E-state index in [0.29, 0.717) is 12.2 Å². The summed E-state index contributed by atoms with van der Waals surface area (Å²) in [5, 5.41) is 25.7. The van der Waals surface area contributed by atoms with E-state index in [1.165, 1.54) is 11.8 Å². The Hall–Kier alpha value is -2.87. The van der Waals surface area contributed by atoms with Crippen LogP contribution in [0.1, 0.15) is 52.4 Å². The molecule has 35 heavy (non-hydrogen) atoms. The van der Waals surface area contributed by atoms with Gasteiger partial charge in [0.2, 0.25) is 23.6 Å². The zero-order chi connectivity index (χ0) is 27.1. The maximum Gasteiger partial charge on any atom is 0.326 e. The monoisotopic (exact) mass is 519 g/mol. The summed E-state index contributed by atoms with van der Waals surface area (Å²) in [7, 11) is 0. The van der Waals surface area contributed by atoms with E-state index in [9.17, 15) is 33.9 Å². The number of thioether (sulfide) groups is 1. The molecule has 5 atom stereocenters. The Kier molecular flexibility index (Phi) is 15.3. The third kappa shape index (κ3) is 13.0. The van der Waals surface area contributed by atoms with Gasteiger partial charge in [0.25, 0.3) is 0 Å². The van der Waals surface area contributed by atoms with Gasteiger partial charge in [0.15, 0.2) is 0 Å². The summed E-state index contributed by atoms with van der Waals surface area (Å²) in [4.78, 5) is 71.7. The van der Waals surface area contributed by atoms with Gasteiger partial charge in [-0.3, -0.25) is 24.0 Å². The van der Waals surface area contributed by atoms with Crippen molar-refractivity contribution in [3.63, 3.8) is 0 Å². The van der Waals surface area contributed by atoms with E-state index < -0.39 is 72.1 Å². The van der Waals surface area contributed by atoms with Crippen LogP contribution in [0, 0.1) is 5.92 Å². The number of aliphatic carboxylic acids is 2. The first-order valence-electron chi connectivity index (χ1n) is 11.2. The molecule has 0 rings (SSSR count). The molecule has 0 fully saturated rings. The standard InChI is InChI=1S/C21H37N5O8S/c1-4-11(2)17(20(32)25-14(21(33)34)9-10-35-3)26-19(31)13(6-8-16(28)29)24-18(30)12(22)5-7-15(23)27/h11-14,17H,4-10,22H2,1-3H3,(H2,23,27)(H,24,30)(H,25,32)(H,26,31)(H,28,29)(H,33,34). The van der Waals surface area contributed by atoms with Gasteiger partial charge in [-0.2, -0.15) is 11.8 Å². The van der Waals surface area contributed by atoms with Gasteiger partial charge in [-0.05, 0) is 37.2 Å². The predicted octanol–water partition coefficient (Wildman–Crippen LogP) is -1.22. The van der Waals surface area contributed by atoms with E-state index in [4.69, 9.17) is 16.6 Å². The second-order valence-corrected chi connectivity index (χ2v) is 9.14. The maximum absolute atomic E-state index is 13.0. The minimum atomic E-state index is -1.33. The lowest BCUT2D eigenvalue weighted by Gasteiger charge is -2.28. The molecule has 0 spiro atoms. The Morgan fingerprint density at radius 2 is 1.46 bits per heavy atom. The molecule has 0 bridgehead atoms. The first kappa shape index (κ1) is 32.1. The minimum Gasteiger partial charge on any atom is -0.481 e. The zero-order valence-electron chi connectivity index (χ0n) is 20.2. The molecule has 14 heteroatoms. The van der Waals surface area contributed by atoms with Crippen molar-refractivity contribution in [2.24, 2.45) is 17.4 Å². The molecule has 9 N–H and O–H groups in total. The Morgan fingerprint density at radius 1 is 0.857 bits per heavy atom. The Balaban J connectivity index is 5.56. The van der Waals surface area contributed by atoms with Crippen LogP contribution in [0.4, 0.5) is 0 Å². The summed E-state index contributed by atoms with van der Waals surface area (Å²) >= 11 is 1.42. The summed E-state index contributed by atoms with van der Waals surface area (Å²) < 4.78 is 0. The van der Waals surface area contributed by atoms with Crippen molar-refractivity contribution in [2.75, 3.05) is 12.0 Å². The SMILES string of the molecule is CCC(C)C(NC(=O)C(CCC(=O)O)NC(=O)C(N)CCC(N)=O)C(=O)NC(CCSC)C(=O)O. The second kappa shape index (κ2) is 16.7. The predicted molar refractivity (Wildman–Crippen MR) is 129 cm³/mol. The summed E-state index contributed by atoms with van der Waals surface area (Å²) in [5.74, 6) is -5.29. The number of carboxylic acids is 2. The fourth-order valence-electron chi connectivity index (χ4n) is 2.95. The summed E-state index contributed by atoms with van der Waals surface area (Å²) in [6.07, 6.45) is 1.49. The molecule has 0 aromatic rings. The molecule has 200 valence electrons. The Bertz CT molecular complexity index is 766. The normalized spacial score (nSPS) is 15.1. The van der Waals surface area contributed by atoms with E-state index >= 15 is 0 Å². The fraction of sp³-hybridized carbons (Fsp3) is 0.714. The van der Waals surface area contributed by atoms with Crippen LogP contribution in [-0.4, -0.2) is 82.0 Å². The topological polar surface area (TPSA) is 231 Å². The van der Waals surface area contributed by atoms with Gasteiger partial charge in [0.05, 0.1) is 6.04 Å². The molecule has 13 nitrogen and oxygen atoms in total. The highest BCUT2D eigenvalue weighted by Gasteiger charge is 2.32. The molecular weight excluding hydrogens is 482 g/mol. The minimum absolute atomic E-state index is 0.0705. The number of hydrogen-bond donors (Lipinski definition) is 7. The van der Waals surface area contributed by atoms with Gasteiger partial charge in [0.1, 0.15) is 18.1 Å². The molecule has 0 saturated heterocycles. The van der Waals surface area contributed by atoms with E-state index in [1.807, 2.05) is 0 Å². The smallest absolute Gasteiger partial charge is 0.326 e. The molecule has 5 unspecified atom stereocenters. The van der Waals surface area contributed by atoms with Crippen LogP contribution in [0.15, 0.2) is 0 Å². The molecule has 0 aromatic carbocycles. The number of hydrogen-bond acceptors (Lipinski definition) is 8. The van der Waals surface area contributed by atoms with Gasteiger partial charge < -0.3 is 37.6 Å². The molecule has 0 aliphatic rings. The second-order valence-electron chi connectivity index (χ2n) is 8.16. The first-order valence-corrected chi connectivity index (χ1v) is 12.6. The lowest BCUT2D eigenvalue weighted by atomic mass is 9.97. The zero-order valence-corrected chi connectivity index (χ0v) is 21.1. The van der Waals surface area contributed by atoms with Crippen LogP contribution in [0.2, 0.25) is 0 Å². The Labute approximate surface area is 208 Å². The van der Waals surface area contributed by atoms with Crippen molar-refractivity contribution in [1.29, 1.82) is 0 Å². The van der Waals surface area contributed by atoms with E-state index in [-0.39, 0.29) is 25.7 Å². The van der Waals surface area contributed by atoms with Crippen LogP contribution in [-0.2, 0) is 28.8 Å².